The third kappa shape index (κ3) is 10.3. The van der Waals surface area contributed by atoms with Crippen LogP contribution in [0.4, 0.5) is 28.4 Å². The van der Waals surface area contributed by atoms with Gasteiger partial charge in [-0.15, -0.1) is 42.7 Å². The number of rotatable bonds is 7. The van der Waals surface area contributed by atoms with Gasteiger partial charge in [0.25, 0.3) is 0 Å². The molecule has 0 saturated carbocycles. The zero-order chi connectivity index (χ0) is 58.0. The molecular weight excluding hydrogens is 1200 g/mol. The van der Waals surface area contributed by atoms with Crippen LogP contribution in [0.15, 0.2) is 162 Å². The summed E-state index contributed by atoms with van der Waals surface area (Å²) in [5, 5.41) is 3.71. The second-order valence-electron chi connectivity index (χ2n) is 27.4. The quantitative estimate of drug-likeness (QED) is 0.149. The van der Waals surface area contributed by atoms with Gasteiger partial charge in [0.1, 0.15) is 17.0 Å². The van der Waals surface area contributed by atoms with Gasteiger partial charge in [-0.1, -0.05) is 200 Å². The predicted molar refractivity (Wildman–Crippen MR) is 342 cm³/mol. The van der Waals surface area contributed by atoms with Crippen LogP contribution in [0.25, 0.3) is 76.7 Å². The van der Waals surface area contributed by atoms with Gasteiger partial charge in [-0.3, -0.25) is 0 Å². The maximum absolute atomic E-state index is 7.92. The molecular formula is C75H72N5O2Pt-3. The summed E-state index contributed by atoms with van der Waals surface area (Å²) >= 11 is 0. The van der Waals surface area contributed by atoms with Gasteiger partial charge in [0.15, 0.2) is 0 Å². The minimum Gasteiger partial charge on any atom is -0.509 e. The van der Waals surface area contributed by atoms with E-state index in [0.717, 1.165) is 83.4 Å². The first kappa shape index (κ1) is 56.9. The molecule has 0 fully saturated rings. The van der Waals surface area contributed by atoms with Crippen LogP contribution >= 0.6 is 0 Å². The number of pyridine rings is 1. The number of fused-ring (bicyclic) bond motifs is 8. The summed E-state index contributed by atoms with van der Waals surface area (Å²) in [6, 6.07) is 61.7. The number of hydrogen-bond acceptors (Lipinski definition) is 5. The van der Waals surface area contributed by atoms with E-state index in [0.29, 0.717) is 22.8 Å². The molecule has 0 bridgehead atoms. The Bertz CT molecular complexity index is 4240. The van der Waals surface area contributed by atoms with Crippen molar-refractivity contribution >= 4 is 72.2 Å². The smallest absolute Gasteiger partial charge is 0.229 e. The van der Waals surface area contributed by atoms with Crippen LogP contribution in [0.1, 0.15) is 132 Å². The molecule has 12 rings (SSSR count). The molecule has 83 heavy (non-hydrogen) atoms. The van der Waals surface area contributed by atoms with Gasteiger partial charge in [-0.25, -0.2) is 9.83 Å². The maximum Gasteiger partial charge on any atom is 0.229 e. The Labute approximate surface area is 505 Å². The van der Waals surface area contributed by atoms with Gasteiger partial charge in [0.05, 0.1) is 6.57 Å². The first-order chi connectivity index (χ1) is 38.7. The number of benzene rings is 8. The Hall–Kier alpha value is -7.91. The Morgan fingerprint density at radius 3 is 1.61 bits per heavy atom. The summed E-state index contributed by atoms with van der Waals surface area (Å²) in [5.74, 6) is 1.83. The molecule has 0 radical (unpaired) electrons. The number of anilines is 4. The van der Waals surface area contributed by atoms with E-state index in [1.54, 1.807) is 6.07 Å². The van der Waals surface area contributed by atoms with E-state index in [2.05, 4.69) is 257 Å². The van der Waals surface area contributed by atoms with Crippen LogP contribution in [-0.4, -0.2) is 9.55 Å². The molecule has 0 spiro atoms. The first-order valence-corrected chi connectivity index (χ1v) is 28.6. The summed E-state index contributed by atoms with van der Waals surface area (Å²) < 4.78 is 15.7. The summed E-state index contributed by atoms with van der Waals surface area (Å²) in [6.07, 6.45) is 1.88. The van der Waals surface area contributed by atoms with E-state index in [9.17, 15) is 0 Å². The average molecular weight is 1270 g/mol. The Morgan fingerprint density at radius 2 is 1.04 bits per heavy atom. The minimum absolute atomic E-state index is 0. The SMILES string of the molecule is [C-]#[N+]c1cccc2c1oc1c2ccc2c1c1ccc(Oc3[c-]c(N4[CH-]N(c5c(-c6cc(C(C)(C)C)cc(C(C)(C)C)c6)cccc5-c5cc(C(C)(C)C)cc(C(C)(C)C)c5)c5ccccc54)ccc3)[c-]c1n2-c1cc(C(C)(C)C)ccn1.[Pt]. The van der Waals surface area contributed by atoms with Crippen molar-refractivity contribution in [3.05, 3.63) is 216 Å². The van der Waals surface area contributed by atoms with Gasteiger partial charge < -0.3 is 23.5 Å². The van der Waals surface area contributed by atoms with Gasteiger partial charge >= 0.3 is 0 Å². The molecule has 1 aliphatic rings. The topological polar surface area (TPSA) is 51.0 Å². The van der Waals surface area contributed by atoms with Crippen molar-refractivity contribution in [2.45, 2.75) is 131 Å². The first-order valence-electron chi connectivity index (χ1n) is 28.6. The van der Waals surface area contributed by atoms with Crippen molar-refractivity contribution in [1.29, 1.82) is 0 Å². The standard InChI is InChI=1S/C75H72N5O2.Pt/c1-71(2,3)48-34-35-77-66(42-48)80-64-33-32-59-58-26-21-27-61(76-16)69(58)82-70(59)67(64)60-31-30-55(44-65(60)80)81-54-23-19-22-53(43-54)78-45-79(63-29-18-17-28-62(63)78)68-56(46-36-49(72(4,5)6)40-50(37-46)73(7,8)9)24-20-25-57(68)47-38-51(74(10,11)12)41-52(39-47)75(13,14)15;/h17-42,45H,1-15H3;/q-3;. The molecule has 1 aliphatic heterocycles. The van der Waals surface area contributed by atoms with Crippen LogP contribution < -0.4 is 14.5 Å². The molecule has 0 amide bonds. The van der Waals surface area contributed by atoms with E-state index in [4.69, 9.17) is 20.7 Å². The van der Waals surface area contributed by atoms with Crippen molar-refractivity contribution < 1.29 is 30.2 Å². The summed E-state index contributed by atoms with van der Waals surface area (Å²) in [4.78, 5) is 13.4. The predicted octanol–water partition coefficient (Wildman–Crippen LogP) is 21.2. The van der Waals surface area contributed by atoms with Gasteiger partial charge in [0.2, 0.25) is 5.69 Å². The number of hydrogen-bond donors (Lipinski definition) is 0. The fourth-order valence-corrected chi connectivity index (χ4v) is 11.4. The van der Waals surface area contributed by atoms with E-state index in [-0.39, 0.29) is 48.1 Å². The van der Waals surface area contributed by atoms with Crippen LogP contribution in [0, 0.1) is 25.4 Å². The minimum atomic E-state index is -0.115. The van der Waals surface area contributed by atoms with Gasteiger partial charge in [0, 0.05) is 83.2 Å². The third-order valence-corrected chi connectivity index (χ3v) is 16.3. The van der Waals surface area contributed by atoms with Crippen LogP contribution in [0.3, 0.4) is 0 Å². The van der Waals surface area contributed by atoms with Crippen LogP contribution in [0.5, 0.6) is 11.5 Å². The van der Waals surface area contributed by atoms with Gasteiger partial charge in [-0.05, 0) is 108 Å². The van der Waals surface area contributed by atoms with Crippen LogP contribution in [0.2, 0.25) is 0 Å². The van der Waals surface area contributed by atoms with E-state index in [1.807, 2.05) is 36.5 Å². The molecule has 0 N–H and O–H groups in total. The van der Waals surface area contributed by atoms with E-state index in [1.165, 1.54) is 33.4 Å². The molecule has 8 aromatic carbocycles. The Balaban J connectivity index is 0.00000721. The molecule has 0 unspecified atom stereocenters. The molecule has 4 heterocycles. The molecule has 0 saturated heterocycles. The van der Waals surface area contributed by atoms with Crippen molar-refractivity contribution in [2.24, 2.45) is 0 Å². The molecule has 0 atom stereocenters. The largest absolute Gasteiger partial charge is 0.509 e. The molecule has 3 aromatic heterocycles. The summed E-state index contributed by atoms with van der Waals surface area (Å²) in [7, 11) is 0. The molecule has 11 aromatic rings. The second-order valence-corrected chi connectivity index (χ2v) is 27.4. The molecule has 0 aliphatic carbocycles. The van der Waals surface area contributed by atoms with Crippen molar-refractivity contribution in [3.8, 4) is 39.6 Å². The van der Waals surface area contributed by atoms with Crippen molar-refractivity contribution in [3.63, 3.8) is 0 Å². The Morgan fingerprint density at radius 1 is 0.506 bits per heavy atom. The number of ether oxygens (including phenoxy) is 1. The number of nitrogens with zero attached hydrogens (tertiary/aromatic N) is 5. The van der Waals surface area contributed by atoms with E-state index >= 15 is 0 Å². The van der Waals surface area contributed by atoms with Gasteiger partial charge in [-0.2, -0.15) is 12.1 Å². The normalized spacial score (nSPS) is 13.3. The van der Waals surface area contributed by atoms with Crippen molar-refractivity contribution in [2.75, 3.05) is 9.80 Å². The molecule has 8 heteroatoms. The molecule has 422 valence electrons. The Kier molecular flexibility index (Phi) is 14.0. The molecule has 7 nitrogen and oxygen atoms in total. The number of furan rings is 1. The fraction of sp³-hybridized carbons (Fsp3) is 0.267. The summed E-state index contributed by atoms with van der Waals surface area (Å²) in [5.41, 5.74) is 18.1. The zero-order valence-electron chi connectivity index (χ0n) is 50.5. The maximum atomic E-state index is 7.92. The second kappa shape index (κ2) is 20.5. The third-order valence-electron chi connectivity index (χ3n) is 16.3. The van der Waals surface area contributed by atoms with Crippen molar-refractivity contribution in [1.82, 2.24) is 9.55 Å². The fourth-order valence-electron chi connectivity index (χ4n) is 11.4. The number of aromatic nitrogens is 2. The monoisotopic (exact) mass is 1270 g/mol. The number of para-hydroxylation sites is 4. The van der Waals surface area contributed by atoms with E-state index < -0.39 is 0 Å². The average Bonchev–Trinajstić information content (AvgIpc) is 1.95. The summed E-state index contributed by atoms with van der Waals surface area (Å²) in [6.45, 7) is 44.5. The zero-order valence-corrected chi connectivity index (χ0v) is 52.7. The van der Waals surface area contributed by atoms with Crippen LogP contribution in [-0.2, 0) is 48.1 Å².